The van der Waals surface area contributed by atoms with E-state index in [0.717, 1.165) is 17.2 Å². The second-order valence-electron chi connectivity index (χ2n) is 7.01. The highest BCUT2D eigenvalue weighted by Crippen LogP contribution is 2.35. The SMILES string of the molecule is CCO[C@@H](C=C(C)C)C/C(C)=C/COc1c2ccoc2cc2oc(=O)ccc12. The first kappa shape index (κ1) is 20.0. The summed E-state index contributed by atoms with van der Waals surface area (Å²) >= 11 is 0. The number of hydrogen-bond acceptors (Lipinski definition) is 5. The van der Waals surface area contributed by atoms with Gasteiger partial charge in [0, 0.05) is 18.7 Å². The number of rotatable bonds is 8. The molecule has 0 bridgehead atoms. The van der Waals surface area contributed by atoms with Crippen molar-refractivity contribution in [3.8, 4) is 5.75 Å². The van der Waals surface area contributed by atoms with Gasteiger partial charge in [0.15, 0.2) is 0 Å². The van der Waals surface area contributed by atoms with Crippen LogP contribution in [0, 0.1) is 0 Å². The predicted molar refractivity (Wildman–Crippen MR) is 111 cm³/mol. The number of fused-ring (bicyclic) bond motifs is 2. The van der Waals surface area contributed by atoms with Crippen molar-refractivity contribution in [1.29, 1.82) is 0 Å². The molecule has 1 aromatic carbocycles. The van der Waals surface area contributed by atoms with Gasteiger partial charge in [0.05, 0.1) is 23.1 Å². The standard InChI is InChI=1S/C23H26O5/c1-5-25-17(12-15(2)3)13-16(4)8-10-27-23-18-6-7-22(24)28-21(18)14-20-19(23)9-11-26-20/h6-9,11-12,14,17H,5,10,13H2,1-4H3/b16-8+/t17-/m0/s1. The molecule has 0 amide bonds. The summed E-state index contributed by atoms with van der Waals surface area (Å²) in [5, 5.41) is 1.60. The third-order valence-corrected chi connectivity index (χ3v) is 4.39. The van der Waals surface area contributed by atoms with Crippen molar-refractivity contribution < 1.29 is 18.3 Å². The highest BCUT2D eigenvalue weighted by molar-refractivity contribution is 6.01. The predicted octanol–water partition coefficient (Wildman–Crippen LogP) is 5.63. The van der Waals surface area contributed by atoms with Crippen molar-refractivity contribution in [2.24, 2.45) is 0 Å². The Morgan fingerprint density at radius 1 is 1.14 bits per heavy atom. The highest BCUT2D eigenvalue weighted by atomic mass is 16.5. The normalized spacial score (nSPS) is 13.1. The molecule has 5 heteroatoms. The average Bonchev–Trinajstić information content (AvgIpc) is 3.08. The Balaban J connectivity index is 1.80. The van der Waals surface area contributed by atoms with Gasteiger partial charge in [0.25, 0.3) is 0 Å². The molecule has 28 heavy (non-hydrogen) atoms. The Morgan fingerprint density at radius 2 is 1.93 bits per heavy atom. The summed E-state index contributed by atoms with van der Waals surface area (Å²) in [5.41, 5.74) is 3.10. The maximum absolute atomic E-state index is 11.5. The molecule has 0 aliphatic rings. The van der Waals surface area contributed by atoms with Crippen LogP contribution >= 0.6 is 0 Å². The summed E-state index contributed by atoms with van der Waals surface area (Å²) < 4.78 is 22.6. The first-order valence-corrected chi connectivity index (χ1v) is 9.47. The molecule has 0 radical (unpaired) electrons. The molecule has 2 heterocycles. The molecular weight excluding hydrogens is 356 g/mol. The summed E-state index contributed by atoms with van der Waals surface area (Å²) in [4.78, 5) is 11.5. The fourth-order valence-corrected chi connectivity index (χ4v) is 3.19. The molecule has 0 unspecified atom stereocenters. The highest BCUT2D eigenvalue weighted by Gasteiger charge is 2.13. The van der Waals surface area contributed by atoms with E-state index in [1.165, 1.54) is 17.2 Å². The van der Waals surface area contributed by atoms with E-state index in [-0.39, 0.29) is 6.10 Å². The molecule has 0 aliphatic carbocycles. The largest absolute Gasteiger partial charge is 0.488 e. The van der Waals surface area contributed by atoms with Crippen molar-refractivity contribution in [1.82, 2.24) is 0 Å². The zero-order chi connectivity index (χ0) is 20.1. The van der Waals surface area contributed by atoms with E-state index >= 15 is 0 Å². The third-order valence-electron chi connectivity index (χ3n) is 4.39. The molecule has 5 nitrogen and oxygen atoms in total. The van der Waals surface area contributed by atoms with Gasteiger partial charge in [-0.2, -0.15) is 0 Å². The molecule has 2 aromatic heterocycles. The molecule has 0 saturated carbocycles. The zero-order valence-corrected chi connectivity index (χ0v) is 16.8. The van der Waals surface area contributed by atoms with Crippen LogP contribution in [0.4, 0.5) is 0 Å². The topological polar surface area (TPSA) is 61.8 Å². The molecule has 0 spiro atoms. The van der Waals surface area contributed by atoms with Crippen molar-refractivity contribution in [3.05, 3.63) is 64.2 Å². The lowest BCUT2D eigenvalue weighted by atomic mass is 10.1. The second-order valence-corrected chi connectivity index (χ2v) is 7.01. The number of hydrogen-bond donors (Lipinski definition) is 0. The van der Waals surface area contributed by atoms with Gasteiger partial charge in [-0.1, -0.05) is 17.2 Å². The van der Waals surface area contributed by atoms with E-state index < -0.39 is 5.63 Å². The average molecular weight is 382 g/mol. The molecule has 0 N–H and O–H groups in total. The lowest BCUT2D eigenvalue weighted by molar-refractivity contribution is 0.0960. The number of benzene rings is 1. The summed E-state index contributed by atoms with van der Waals surface area (Å²) in [6.07, 6.45) is 6.67. The van der Waals surface area contributed by atoms with Crippen LogP contribution in [0.1, 0.15) is 34.1 Å². The first-order valence-electron chi connectivity index (χ1n) is 9.47. The zero-order valence-electron chi connectivity index (χ0n) is 16.8. The lowest BCUT2D eigenvalue weighted by Crippen LogP contribution is -2.11. The Kier molecular flexibility index (Phi) is 6.37. The van der Waals surface area contributed by atoms with Crippen LogP contribution in [0.2, 0.25) is 0 Å². The molecule has 148 valence electrons. The summed E-state index contributed by atoms with van der Waals surface area (Å²) in [5.74, 6) is 0.653. The molecular formula is C23H26O5. The van der Waals surface area contributed by atoms with Gasteiger partial charge in [-0.15, -0.1) is 0 Å². The fraction of sp³-hybridized carbons (Fsp3) is 0.348. The van der Waals surface area contributed by atoms with Gasteiger partial charge in [0.1, 0.15) is 23.5 Å². The molecule has 1 atom stereocenters. The molecule has 0 saturated heterocycles. The van der Waals surface area contributed by atoms with Gasteiger partial charge in [-0.05, 0) is 52.3 Å². The number of furan rings is 1. The van der Waals surface area contributed by atoms with Gasteiger partial charge in [-0.25, -0.2) is 4.79 Å². The second kappa shape index (κ2) is 8.93. The molecule has 0 aliphatic heterocycles. The maximum Gasteiger partial charge on any atom is 0.336 e. The van der Waals surface area contributed by atoms with Crippen LogP contribution in [0.15, 0.2) is 67.5 Å². The number of ether oxygens (including phenoxy) is 2. The van der Waals surface area contributed by atoms with E-state index in [9.17, 15) is 4.79 Å². The monoisotopic (exact) mass is 382 g/mol. The van der Waals surface area contributed by atoms with E-state index in [1.807, 2.05) is 13.0 Å². The third kappa shape index (κ3) is 4.73. The van der Waals surface area contributed by atoms with Crippen LogP contribution < -0.4 is 10.4 Å². The summed E-state index contributed by atoms with van der Waals surface area (Å²) in [6.45, 7) is 9.30. The van der Waals surface area contributed by atoms with Gasteiger partial charge in [-0.3, -0.25) is 0 Å². The van der Waals surface area contributed by atoms with Crippen LogP contribution in [0.3, 0.4) is 0 Å². The smallest absolute Gasteiger partial charge is 0.336 e. The van der Waals surface area contributed by atoms with E-state index in [1.54, 1.807) is 18.4 Å². The Labute approximate surface area is 164 Å². The van der Waals surface area contributed by atoms with Gasteiger partial charge in [0.2, 0.25) is 0 Å². The van der Waals surface area contributed by atoms with Crippen molar-refractivity contribution in [2.45, 2.75) is 40.2 Å². The molecule has 3 rings (SSSR count). The van der Waals surface area contributed by atoms with E-state index in [4.69, 9.17) is 18.3 Å². The quantitative estimate of drug-likeness (QED) is 0.373. The van der Waals surface area contributed by atoms with Crippen LogP contribution in [0.25, 0.3) is 21.9 Å². The van der Waals surface area contributed by atoms with E-state index in [0.29, 0.717) is 30.1 Å². The van der Waals surface area contributed by atoms with Gasteiger partial charge >= 0.3 is 5.63 Å². The summed E-state index contributed by atoms with van der Waals surface area (Å²) in [6, 6.07) is 6.69. The minimum Gasteiger partial charge on any atom is -0.488 e. The fourth-order valence-electron chi connectivity index (χ4n) is 3.19. The number of allylic oxidation sites excluding steroid dienone is 1. The minimum absolute atomic E-state index is 0.0682. The van der Waals surface area contributed by atoms with Crippen molar-refractivity contribution in [2.75, 3.05) is 13.2 Å². The maximum atomic E-state index is 11.5. The molecule has 3 aromatic rings. The minimum atomic E-state index is -0.402. The summed E-state index contributed by atoms with van der Waals surface area (Å²) in [7, 11) is 0. The first-order chi connectivity index (χ1) is 13.5. The van der Waals surface area contributed by atoms with E-state index in [2.05, 4.69) is 32.9 Å². The lowest BCUT2D eigenvalue weighted by Gasteiger charge is -2.14. The Bertz CT molecular complexity index is 1060. The van der Waals surface area contributed by atoms with Crippen molar-refractivity contribution in [3.63, 3.8) is 0 Å². The van der Waals surface area contributed by atoms with Gasteiger partial charge < -0.3 is 18.3 Å². The molecule has 0 fully saturated rings. The Morgan fingerprint density at radius 3 is 2.68 bits per heavy atom. The van der Waals surface area contributed by atoms with Crippen LogP contribution in [0.5, 0.6) is 5.75 Å². The van der Waals surface area contributed by atoms with Crippen molar-refractivity contribution >= 4 is 21.9 Å². The van der Waals surface area contributed by atoms with Crippen LogP contribution in [-0.4, -0.2) is 19.3 Å². The van der Waals surface area contributed by atoms with Crippen LogP contribution in [-0.2, 0) is 4.74 Å². The Hall–Kier alpha value is -2.79.